The zero-order chi connectivity index (χ0) is 14.9. The summed E-state index contributed by atoms with van der Waals surface area (Å²) in [4.78, 5) is 24.8. The van der Waals surface area contributed by atoms with Crippen molar-refractivity contribution >= 4 is 23.8 Å². The molecule has 1 aliphatic rings. The minimum atomic E-state index is -1.04. The molecule has 1 amide bonds. The van der Waals surface area contributed by atoms with Crippen molar-refractivity contribution in [3.8, 4) is 0 Å². The smallest absolute Gasteiger partial charge is 0.412 e. The summed E-state index contributed by atoms with van der Waals surface area (Å²) in [6, 6.07) is 2.52. The molecule has 1 aliphatic heterocycles. The van der Waals surface area contributed by atoms with Gasteiger partial charge in [-0.05, 0) is 32.9 Å². The molecule has 0 aromatic carbocycles. The average molecular weight is 299 g/mol. The maximum absolute atomic E-state index is 12.3. The molecule has 110 valence electrons. The SMILES string of the molecule is CC(C)(C)OC(=O)N1C(C(=O)O)CSC1c1ccco1. The van der Waals surface area contributed by atoms with Gasteiger partial charge in [-0.3, -0.25) is 4.90 Å². The van der Waals surface area contributed by atoms with Gasteiger partial charge in [0.25, 0.3) is 0 Å². The molecule has 1 fully saturated rings. The number of hydrogen-bond acceptors (Lipinski definition) is 5. The first-order chi connectivity index (χ1) is 9.29. The van der Waals surface area contributed by atoms with E-state index in [1.807, 2.05) is 0 Å². The van der Waals surface area contributed by atoms with Crippen LogP contribution in [-0.2, 0) is 9.53 Å². The lowest BCUT2D eigenvalue weighted by atomic mass is 10.2. The zero-order valence-electron chi connectivity index (χ0n) is 11.5. The standard InChI is InChI=1S/C13H17NO5S/c1-13(2,3)19-12(17)14-8(11(15)16)7-20-10(14)9-5-4-6-18-9/h4-6,8,10H,7H2,1-3H3,(H,15,16). The fraction of sp³-hybridized carbons (Fsp3) is 0.538. The van der Waals surface area contributed by atoms with Crippen LogP contribution in [0, 0.1) is 0 Å². The van der Waals surface area contributed by atoms with Gasteiger partial charge in [-0.2, -0.15) is 0 Å². The third-order valence-electron chi connectivity index (χ3n) is 2.68. The summed E-state index contributed by atoms with van der Waals surface area (Å²) in [7, 11) is 0. The quantitative estimate of drug-likeness (QED) is 0.904. The zero-order valence-corrected chi connectivity index (χ0v) is 12.3. The van der Waals surface area contributed by atoms with Crippen LogP contribution in [0.4, 0.5) is 4.79 Å². The van der Waals surface area contributed by atoms with Gasteiger partial charge < -0.3 is 14.3 Å². The number of ether oxygens (including phenoxy) is 1. The van der Waals surface area contributed by atoms with Gasteiger partial charge >= 0.3 is 12.1 Å². The summed E-state index contributed by atoms with van der Waals surface area (Å²) in [5, 5.41) is 8.78. The van der Waals surface area contributed by atoms with Gasteiger partial charge in [0.2, 0.25) is 0 Å². The minimum absolute atomic E-state index is 0.305. The molecule has 0 spiro atoms. The van der Waals surface area contributed by atoms with Gasteiger partial charge in [0, 0.05) is 5.75 Å². The number of nitrogens with zero attached hydrogens (tertiary/aromatic N) is 1. The van der Waals surface area contributed by atoms with E-state index in [-0.39, 0.29) is 0 Å². The normalized spacial score (nSPS) is 22.9. The van der Waals surface area contributed by atoms with E-state index >= 15 is 0 Å². The number of rotatable bonds is 2. The molecule has 0 aliphatic carbocycles. The molecule has 2 unspecified atom stereocenters. The number of hydrogen-bond donors (Lipinski definition) is 1. The number of carbonyl (C=O) groups is 2. The molecule has 1 aromatic rings. The molecular formula is C13H17NO5S. The van der Waals surface area contributed by atoms with Crippen LogP contribution in [0.5, 0.6) is 0 Å². The highest BCUT2D eigenvalue weighted by Gasteiger charge is 2.45. The van der Waals surface area contributed by atoms with Crippen molar-refractivity contribution in [2.75, 3.05) is 5.75 Å². The second-order valence-corrected chi connectivity index (χ2v) is 6.56. The Hall–Kier alpha value is -1.63. The lowest BCUT2D eigenvalue weighted by molar-refractivity contribution is -0.142. The molecule has 7 heteroatoms. The molecule has 1 aromatic heterocycles. The number of carboxylic acid groups (broad SMARTS) is 1. The summed E-state index contributed by atoms with van der Waals surface area (Å²) < 4.78 is 10.6. The third-order valence-corrected chi connectivity index (χ3v) is 3.96. The predicted molar refractivity (Wildman–Crippen MR) is 73.4 cm³/mol. The van der Waals surface area contributed by atoms with Crippen LogP contribution in [0.15, 0.2) is 22.8 Å². The van der Waals surface area contributed by atoms with Crippen LogP contribution in [0.2, 0.25) is 0 Å². The lowest BCUT2D eigenvalue weighted by Gasteiger charge is -2.29. The Kier molecular flexibility index (Phi) is 3.99. The highest BCUT2D eigenvalue weighted by Crippen LogP contribution is 2.42. The third kappa shape index (κ3) is 3.09. The predicted octanol–water partition coefficient (Wildman–Crippen LogP) is 2.72. The van der Waals surface area contributed by atoms with Gasteiger partial charge in [0.1, 0.15) is 22.8 Å². The molecule has 6 nitrogen and oxygen atoms in total. The van der Waals surface area contributed by atoms with Crippen molar-refractivity contribution in [1.29, 1.82) is 0 Å². The Labute approximate surface area is 121 Å². The number of furan rings is 1. The van der Waals surface area contributed by atoms with Crippen LogP contribution in [0.1, 0.15) is 31.9 Å². The molecule has 20 heavy (non-hydrogen) atoms. The molecule has 2 atom stereocenters. The highest BCUT2D eigenvalue weighted by molar-refractivity contribution is 7.99. The molecule has 0 saturated carbocycles. The Morgan fingerprint density at radius 2 is 2.20 bits per heavy atom. The van der Waals surface area contributed by atoms with Crippen LogP contribution in [0.25, 0.3) is 0 Å². The minimum Gasteiger partial charge on any atom is -0.480 e. The molecule has 0 radical (unpaired) electrons. The second-order valence-electron chi connectivity index (χ2n) is 5.44. The van der Waals surface area contributed by atoms with Crippen molar-refractivity contribution in [3.63, 3.8) is 0 Å². The van der Waals surface area contributed by atoms with Gasteiger partial charge in [0.15, 0.2) is 0 Å². The fourth-order valence-corrected chi connectivity index (χ4v) is 3.24. The van der Waals surface area contributed by atoms with Gasteiger partial charge in [-0.1, -0.05) is 0 Å². The van der Waals surface area contributed by atoms with Crippen molar-refractivity contribution in [2.45, 2.75) is 37.8 Å². The Bertz CT molecular complexity index is 493. The molecule has 2 heterocycles. The number of amides is 1. The maximum atomic E-state index is 12.3. The number of aliphatic carboxylic acids is 1. The highest BCUT2D eigenvalue weighted by atomic mass is 32.2. The Morgan fingerprint density at radius 3 is 2.70 bits per heavy atom. The van der Waals surface area contributed by atoms with E-state index in [9.17, 15) is 14.7 Å². The van der Waals surface area contributed by atoms with E-state index in [4.69, 9.17) is 9.15 Å². The molecule has 2 rings (SSSR count). The first kappa shape index (κ1) is 14.8. The van der Waals surface area contributed by atoms with E-state index in [0.29, 0.717) is 11.5 Å². The second kappa shape index (κ2) is 5.40. The van der Waals surface area contributed by atoms with E-state index in [2.05, 4.69) is 0 Å². The van der Waals surface area contributed by atoms with Gasteiger partial charge in [0.05, 0.1) is 6.26 Å². The Morgan fingerprint density at radius 1 is 1.50 bits per heavy atom. The summed E-state index contributed by atoms with van der Waals surface area (Å²) in [6.07, 6.45) is 0.855. The number of thioether (sulfide) groups is 1. The van der Waals surface area contributed by atoms with Gasteiger partial charge in [-0.25, -0.2) is 9.59 Å². The topological polar surface area (TPSA) is 80.0 Å². The van der Waals surface area contributed by atoms with Crippen molar-refractivity contribution in [1.82, 2.24) is 4.90 Å². The average Bonchev–Trinajstić information content (AvgIpc) is 2.95. The van der Waals surface area contributed by atoms with Crippen molar-refractivity contribution in [3.05, 3.63) is 24.2 Å². The first-order valence-corrected chi connectivity index (χ1v) is 7.23. The van der Waals surface area contributed by atoms with Crippen LogP contribution < -0.4 is 0 Å². The summed E-state index contributed by atoms with van der Waals surface area (Å²) in [6.45, 7) is 5.23. The number of carboxylic acids is 1. The number of carbonyl (C=O) groups excluding carboxylic acids is 1. The van der Waals surface area contributed by atoms with E-state index in [0.717, 1.165) is 0 Å². The molecule has 1 N–H and O–H groups in total. The lowest BCUT2D eigenvalue weighted by Crippen LogP contribution is -2.45. The largest absolute Gasteiger partial charge is 0.480 e. The van der Waals surface area contributed by atoms with Crippen LogP contribution in [0.3, 0.4) is 0 Å². The maximum Gasteiger partial charge on any atom is 0.412 e. The van der Waals surface area contributed by atoms with Crippen LogP contribution >= 0.6 is 11.8 Å². The summed E-state index contributed by atoms with van der Waals surface area (Å²) in [5.74, 6) is -0.193. The molecular weight excluding hydrogens is 282 g/mol. The first-order valence-electron chi connectivity index (χ1n) is 6.19. The molecule has 0 bridgehead atoms. The van der Waals surface area contributed by atoms with Crippen molar-refractivity contribution in [2.24, 2.45) is 0 Å². The monoisotopic (exact) mass is 299 g/mol. The summed E-state index contributed by atoms with van der Waals surface area (Å²) in [5.41, 5.74) is -0.679. The fourth-order valence-electron chi connectivity index (χ4n) is 1.89. The molecule has 1 saturated heterocycles. The van der Waals surface area contributed by atoms with E-state index in [1.165, 1.54) is 22.9 Å². The van der Waals surface area contributed by atoms with E-state index < -0.39 is 29.1 Å². The van der Waals surface area contributed by atoms with Crippen molar-refractivity contribution < 1.29 is 23.8 Å². The van der Waals surface area contributed by atoms with Gasteiger partial charge in [-0.15, -0.1) is 11.8 Å². The van der Waals surface area contributed by atoms with E-state index in [1.54, 1.807) is 32.9 Å². The van der Waals surface area contributed by atoms with Crippen LogP contribution in [-0.4, -0.2) is 39.5 Å². The Balaban J connectivity index is 2.25. The summed E-state index contributed by atoms with van der Waals surface area (Å²) >= 11 is 1.35.